The lowest BCUT2D eigenvalue weighted by molar-refractivity contribution is 0.354. The van der Waals surface area contributed by atoms with Gasteiger partial charge in [-0.1, -0.05) is 12.1 Å². The zero-order valence-corrected chi connectivity index (χ0v) is 16.7. The summed E-state index contributed by atoms with van der Waals surface area (Å²) in [6, 6.07) is 6.05. The molecule has 6 heteroatoms. The fourth-order valence-electron chi connectivity index (χ4n) is 2.29. The molecule has 140 valence electrons. The van der Waals surface area contributed by atoms with Crippen LogP contribution in [0.3, 0.4) is 0 Å². The summed E-state index contributed by atoms with van der Waals surface area (Å²) in [7, 11) is 5.38. The highest BCUT2D eigenvalue weighted by atomic mass is 32.2. The Balaban J connectivity index is 2.60. The van der Waals surface area contributed by atoms with Crippen molar-refractivity contribution in [2.45, 2.75) is 13.3 Å². The summed E-state index contributed by atoms with van der Waals surface area (Å²) in [5.74, 6) is 4.45. The van der Waals surface area contributed by atoms with Crippen molar-refractivity contribution in [3.05, 3.63) is 36.4 Å². The number of guanidine groups is 1. The minimum Gasteiger partial charge on any atom is -0.493 e. The van der Waals surface area contributed by atoms with E-state index in [0.29, 0.717) is 0 Å². The Morgan fingerprint density at radius 2 is 2.08 bits per heavy atom. The number of aliphatic imine (C=N–C) groups is 1. The summed E-state index contributed by atoms with van der Waals surface area (Å²) in [4.78, 5) is 6.86. The van der Waals surface area contributed by atoms with Crippen LogP contribution < -0.4 is 14.8 Å². The van der Waals surface area contributed by atoms with Gasteiger partial charge in [0.15, 0.2) is 17.5 Å². The van der Waals surface area contributed by atoms with Crippen LogP contribution >= 0.6 is 11.8 Å². The first-order chi connectivity index (χ1) is 12.2. The van der Waals surface area contributed by atoms with E-state index >= 15 is 0 Å². The highest BCUT2D eigenvalue weighted by molar-refractivity contribution is 7.99. The molecular formula is C19H31N3O2S. The van der Waals surface area contributed by atoms with Crippen molar-refractivity contribution in [3.8, 4) is 11.5 Å². The fourth-order valence-corrected chi connectivity index (χ4v) is 2.85. The highest BCUT2D eigenvalue weighted by Crippen LogP contribution is 2.27. The SMILES string of the molecule is C=CCSCCN=C(NCC)N(C)CCc1ccc(OC)c(OC)c1. The molecule has 0 aliphatic carbocycles. The summed E-state index contributed by atoms with van der Waals surface area (Å²) in [5, 5.41) is 3.35. The maximum Gasteiger partial charge on any atom is 0.193 e. The normalized spacial score (nSPS) is 11.1. The van der Waals surface area contributed by atoms with Gasteiger partial charge in [0.2, 0.25) is 0 Å². The lowest BCUT2D eigenvalue weighted by atomic mass is 10.1. The molecule has 25 heavy (non-hydrogen) atoms. The number of ether oxygens (including phenoxy) is 2. The van der Waals surface area contributed by atoms with E-state index in [4.69, 9.17) is 14.5 Å². The molecule has 0 saturated carbocycles. The van der Waals surface area contributed by atoms with Crippen LogP contribution in [0.25, 0.3) is 0 Å². The fraction of sp³-hybridized carbons (Fsp3) is 0.526. The average Bonchev–Trinajstić information content (AvgIpc) is 2.64. The molecule has 0 radical (unpaired) electrons. The monoisotopic (exact) mass is 365 g/mol. The Hall–Kier alpha value is -1.82. The van der Waals surface area contributed by atoms with Crippen LogP contribution in [0, 0.1) is 0 Å². The van der Waals surface area contributed by atoms with Gasteiger partial charge < -0.3 is 19.7 Å². The molecule has 0 unspecified atom stereocenters. The third-order valence-corrected chi connectivity index (χ3v) is 4.56. The van der Waals surface area contributed by atoms with Gasteiger partial charge in [0, 0.05) is 31.6 Å². The van der Waals surface area contributed by atoms with Crippen LogP contribution in [0.5, 0.6) is 11.5 Å². The van der Waals surface area contributed by atoms with E-state index in [0.717, 1.165) is 55.0 Å². The maximum atomic E-state index is 5.37. The molecule has 0 aromatic heterocycles. The number of likely N-dealkylation sites (N-methyl/N-ethyl adjacent to an activating group) is 1. The molecule has 0 saturated heterocycles. The third kappa shape index (κ3) is 7.73. The van der Waals surface area contributed by atoms with E-state index in [-0.39, 0.29) is 0 Å². The maximum absolute atomic E-state index is 5.37. The standard InChI is InChI=1S/C19H31N3O2S/c1-6-13-25-14-11-21-19(20-7-2)22(3)12-10-16-8-9-17(23-4)18(15-16)24-5/h6,8-9,15H,1,7,10-14H2,2-5H3,(H,20,21). The zero-order valence-electron chi connectivity index (χ0n) is 15.9. The van der Waals surface area contributed by atoms with E-state index in [9.17, 15) is 0 Å². The number of methoxy groups -OCH3 is 2. The molecule has 0 bridgehead atoms. The van der Waals surface area contributed by atoms with Crippen molar-refractivity contribution in [1.29, 1.82) is 0 Å². The van der Waals surface area contributed by atoms with E-state index in [1.807, 2.05) is 30.0 Å². The van der Waals surface area contributed by atoms with Crippen LogP contribution in [-0.2, 0) is 6.42 Å². The number of hydrogen-bond donors (Lipinski definition) is 1. The molecule has 0 aliphatic rings. The molecule has 0 heterocycles. The molecule has 1 N–H and O–H groups in total. The Kier molecular flexibility index (Phi) is 10.6. The second-order valence-corrected chi connectivity index (χ2v) is 6.61. The first-order valence-electron chi connectivity index (χ1n) is 8.55. The molecule has 1 aromatic carbocycles. The molecule has 0 aliphatic heterocycles. The van der Waals surface area contributed by atoms with E-state index in [1.54, 1.807) is 14.2 Å². The van der Waals surface area contributed by atoms with Crippen LogP contribution in [0.2, 0.25) is 0 Å². The van der Waals surface area contributed by atoms with Crippen LogP contribution in [0.1, 0.15) is 12.5 Å². The number of hydrogen-bond acceptors (Lipinski definition) is 4. The van der Waals surface area contributed by atoms with Crippen molar-refractivity contribution in [1.82, 2.24) is 10.2 Å². The second-order valence-electron chi connectivity index (χ2n) is 5.46. The molecule has 0 fully saturated rings. The molecule has 1 aromatic rings. The van der Waals surface area contributed by atoms with Gasteiger partial charge in [-0.25, -0.2) is 0 Å². The van der Waals surface area contributed by atoms with Crippen molar-refractivity contribution < 1.29 is 9.47 Å². The van der Waals surface area contributed by atoms with Crippen molar-refractivity contribution in [3.63, 3.8) is 0 Å². The summed E-state index contributed by atoms with van der Waals surface area (Å²) in [5.41, 5.74) is 1.21. The number of nitrogens with one attached hydrogen (secondary N) is 1. The molecule has 1 rings (SSSR count). The molecular weight excluding hydrogens is 334 g/mol. The van der Waals surface area contributed by atoms with Gasteiger partial charge in [-0.05, 0) is 31.0 Å². The van der Waals surface area contributed by atoms with Gasteiger partial charge in [0.25, 0.3) is 0 Å². The first kappa shape index (κ1) is 21.2. The molecule has 5 nitrogen and oxygen atoms in total. The van der Waals surface area contributed by atoms with Crippen LogP contribution in [-0.4, -0.2) is 63.3 Å². The van der Waals surface area contributed by atoms with Crippen LogP contribution in [0.15, 0.2) is 35.8 Å². The number of thioether (sulfide) groups is 1. The van der Waals surface area contributed by atoms with E-state index < -0.39 is 0 Å². The van der Waals surface area contributed by atoms with Crippen molar-refractivity contribution in [2.24, 2.45) is 4.99 Å². The Labute approximate surface area is 156 Å². The van der Waals surface area contributed by atoms with Crippen LogP contribution in [0.4, 0.5) is 0 Å². The Bertz CT molecular complexity index is 549. The van der Waals surface area contributed by atoms with E-state index in [2.05, 4.69) is 36.8 Å². The molecule has 0 atom stereocenters. The van der Waals surface area contributed by atoms with Gasteiger partial charge in [-0.2, -0.15) is 11.8 Å². The predicted octanol–water partition coefficient (Wildman–Crippen LogP) is 3.06. The smallest absolute Gasteiger partial charge is 0.193 e. The van der Waals surface area contributed by atoms with Gasteiger partial charge in [-0.15, -0.1) is 6.58 Å². The summed E-state index contributed by atoms with van der Waals surface area (Å²) < 4.78 is 10.7. The summed E-state index contributed by atoms with van der Waals surface area (Å²) in [6.45, 7) is 8.36. The Morgan fingerprint density at radius 1 is 1.32 bits per heavy atom. The van der Waals surface area contributed by atoms with Crippen molar-refractivity contribution >= 4 is 17.7 Å². The largest absolute Gasteiger partial charge is 0.493 e. The predicted molar refractivity (Wildman–Crippen MR) is 109 cm³/mol. The zero-order chi connectivity index (χ0) is 18.5. The van der Waals surface area contributed by atoms with Gasteiger partial charge >= 0.3 is 0 Å². The molecule has 0 spiro atoms. The quantitative estimate of drug-likeness (QED) is 0.283. The highest BCUT2D eigenvalue weighted by Gasteiger charge is 2.08. The first-order valence-corrected chi connectivity index (χ1v) is 9.70. The minimum absolute atomic E-state index is 0.756. The Morgan fingerprint density at radius 3 is 2.72 bits per heavy atom. The van der Waals surface area contributed by atoms with Gasteiger partial charge in [-0.3, -0.25) is 4.99 Å². The summed E-state index contributed by atoms with van der Waals surface area (Å²) in [6.07, 6.45) is 2.83. The third-order valence-electron chi connectivity index (χ3n) is 3.61. The van der Waals surface area contributed by atoms with Gasteiger partial charge in [0.1, 0.15) is 0 Å². The lowest BCUT2D eigenvalue weighted by Crippen LogP contribution is -2.40. The lowest BCUT2D eigenvalue weighted by Gasteiger charge is -2.22. The van der Waals surface area contributed by atoms with Gasteiger partial charge in [0.05, 0.1) is 20.8 Å². The number of benzene rings is 1. The molecule has 0 amide bonds. The van der Waals surface area contributed by atoms with E-state index in [1.165, 1.54) is 5.56 Å². The number of rotatable bonds is 11. The second kappa shape index (κ2) is 12.5. The average molecular weight is 366 g/mol. The summed E-state index contributed by atoms with van der Waals surface area (Å²) >= 11 is 1.85. The topological polar surface area (TPSA) is 46.1 Å². The number of nitrogens with zero attached hydrogens (tertiary/aromatic N) is 2. The minimum atomic E-state index is 0.756. The van der Waals surface area contributed by atoms with Crippen molar-refractivity contribution in [2.75, 3.05) is 52.4 Å².